The Morgan fingerprint density at radius 1 is 0.929 bits per heavy atom. The highest BCUT2D eigenvalue weighted by Crippen LogP contribution is 2.18. The molecule has 2 aliphatic rings. The summed E-state index contributed by atoms with van der Waals surface area (Å²) in [5.41, 5.74) is 3.08. The number of likely N-dealkylation sites (N-methyl/N-ethyl adjacent to an activating group) is 1. The van der Waals surface area contributed by atoms with Crippen LogP contribution in [0.15, 0.2) is 48.8 Å². The molecule has 0 bridgehead atoms. The number of rotatable bonds is 4. The van der Waals surface area contributed by atoms with Crippen LogP contribution in [0.3, 0.4) is 0 Å². The van der Waals surface area contributed by atoms with Crippen LogP contribution in [0, 0.1) is 0 Å². The molecule has 0 saturated carbocycles. The monoisotopic (exact) mass is 379 g/mol. The summed E-state index contributed by atoms with van der Waals surface area (Å²) in [5.74, 6) is 0.0999. The molecular weight excluding hydrogens is 350 g/mol. The average molecular weight is 380 g/mol. The second kappa shape index (κ2) is 8.71. The number of carbonyl (C=O) groups excluding carboxylic acids is 1. The molecule has 6 heteroatoms. The van der Waals surface area contributed by atoms with Gasteiger partial charge in [-0.25, -0.2) is 0 Å². The highest BCUT2D eigenvalue weighted by atomic mass is 16.2. The molecule has 3 heterocycles. The van der Waals surface area contributed by atoms with Crippen LogP contribution in [0.2, 0.25) is 0 Å². The Balaban J connectivity index is 1.34. The van der Waals surface area contributed by atoms with Gasteiger partial charge in [0.05, 0.1) is 17.4 Å². The average Bonchev–Trinajstić information content (AvgIpc) is 2.75. The maximum absolute atomic E-state index is 13.0. The molecular formula is C22H29N5O. The minimum atomic E-state index is 0.0999. The standard InChI is InChI=1S/C22H29N5O/c1-24-7-11-26(12-8-24)21-15-20(16-23-17-21)22(28)27-13-9-25(10-14-27)18-19-5-3-2-4-6-19/h2-6,15-17H,7-14,18H2,1H3. The fourth-order valence-corrected chi connectivity index (χ4v) is 3.92. The molecule has 0 radical (unpaired) electrons. The fourth-order valence-electron chi connectivity index (χ4n) is 3.92. The van der Waals surface area contributed by atoms with Crippen molar-refractivity contribution in [3.8, 4) is 0 Å². The summed E-state index contributed by atoms with van der Waals surface area (Å²) in [6.07, 6.45) is 3.58. The zero-order valence-corrected chi connectivity index (χ0v) is 16.6. The van der Waals surface area contributed by atoms with Gasteiger partial charge in [0.15, 0.2) is 0 Å². The molecule has 28 heavy (non-hydrogen) atoms. The van der Waals surface area contributed by atoms with Crippen LogP contribution in [-0.4, -0.2) is 85.0 Å². The van der Waals surface area contributed by atoms with Crippen LogP contribution in [0.5, 0.6) is 0 Å². The molecule has 0 spiro atoms. The Morgan fingerprint density at radius 3 is 2.36 bits per heavy atom. The van der Waals surface area contributed by atoms with Crippen LogP contribution in [0.25, 0.3) is 0 Å². The van der Waals surface area contributed by atoms with Crippen molar-refractivity contribution in [3.05, 3.63) is 59.9 Å². The molecule has 0 unspecified atom stereocenters. The third kappa shape index (κ3) is 4.51. The Hall–Kier alpha value is -2.44. The third-order valence-electron chi connectivity index (χ3n) is 5.75. The van der Waals surface area contributed by atoms with Gasteiger partial charge in [-0.3, -0.25) is 14.7 Å². The van der Waals surface area contributed by atoms with Gasteiger partial charge in [0, 0.05) is 65.1 Å². The summed E-state index contributed by atoms with van der Waals surface area (Å²) in [7, 11) is 2.15. The molecule has 2 aromatic rings. The van der Waals surface area contributed by atoms with Crippen molar-refractivity contribution in [2.75, 3.05) is 64.3 Å². The molecule has 2 aliphatic heterocycles. The molecule has 148 valence electrons. The van der Waals surface area contributed by atoms with E-state index >= 15 is 0 Å². The van der Waals surface area contributed by atoms with Gasteiger partial charge < -0.3 is 14.7 Å². The normalized spacial score (nSPS) is 19.0. The zero-order valence-electron chi connectivity index (χ0n) is 16.6. The van der Waals surface area contributed by atoms with Gasteiger partial charge in [-0.2, -0.15) is 0 Å². The van der Waals surface area contributed by atoms with Crippen molar-refractivity contribution in [2.45, 2.75) is 6.54 Å². The van der Waals surface area contributed by atoms with Crippen molar-refractivity contribution in [1.29, 1.82) is 0 Å². The summed E-state index contributed by atoms with van der Waals surface area (Å²) in [6, 6.07) is 12.5. The quantitative estimate of drug-likeness (QED) is 0.810. The lowest BCUT2D eigenvalue weighted by molar-refractivity contribution is 0.0628. The maximum atomic E-state index is 13.0. The first-order valence-corrected chi connectivity index (χ1v) is 10.1. The molecule has 2 fully saturated rings. The molecule has 1 aromatic heterocycles. The number of benzene rings is 1. The van der Waals surface area contributed by atoms with E-state index in [1.54, 1.807) is 6.20 Å². The van der Waals surface area contributed by atoms with Crippen molar-refractivity contribution >= 4 is 11.6 Å². The molecule has 0 aliphatic carbocycles. The number of nitrogens with zero attached hydrogens (tertiary/aromatic N) is 5. The van der Waals surface area contributed by atoms with Crippen LogP contribution >= 0.6 is 0 Å². The number of anilines is 1. The summed E-state index contributed by atoms with van der Waals surface area (Å²) >= 11 is 0. The van der Waals surface area contributed by atoms with Gasteiger partial charge in [-0.05, 0) is 18.7 Å². The second-order valence-electron chi connectivity index (χ2n) is 7.78. The number of amides is 1. The first-order chi connectivity index (χ1) is 13.7. The van der Waals surface area contributed by atoms with E-state index in [1.165, 1.54) is 5.56 Å². The summed E-state index contributed by atoms with van der Waals surface area (Å²) in [6.45, 7) is 8.35. The Labute approximate surface area is 167 Å². The second-order valence-corrected chi connectivity index (χ2v) is 7.78. The minimum absolute atomic E-state index is 0.0999. The summed E-state index contributed by atoms with van der Waals surface area (Å²) < 4.78 is 0. The lowest BCUT2D eigenvalue weighted by Gasteiger charge is -2.35. The topological polar surface area (TPSA) is 42.9 Å². The molecule has 1 aromatic carbocycles. The lowest BCUT2D eigenvalue weighted by Crippen LogP contribution is -2.48. The minimum Gasteiger partial charge on any atom is -0.368 e. The van der Waals surface area contributed by atoms with E-state index in [9.17, 15) is 4.79 Å². The van der Waals surface area contributed by atoms with Gasteiger partial charge >= 0.3 is 0 Å². The van der Waals surface area contributed by atoms with Crippen LogP contribution in [0.1, 0.15) is 15.9 Å². The lowest BCUT2D eigenvalue weighted by atomic mass is 10.1. The largest absolute Gasteiger partial charge is 0.368 e. The van der Waals surface area contributed by atoms with Gasteiger partial charge in [0.1, 0.15) is 0 Å². The number of hydrogen-bond donors (Lipinski definition) is 0. The van der Waals surface area contributed by atoms with E-state index in [0.29, 0.717) is 5.56 Å². The van der Waals surface area contributed by atoms with E-state index < -0.39 is 0 Å². The van der Waals surface area contributed by atoms with Crippen molar-refractivity contribution in [3.63, 3.8) is 0 Å². The van der Waals surface area contributed by atoms with Gasteiger partial charge in [-0.1, -0.05) is 30.3 Å². The predicted molar refractivity (Wildman–Crippen MR) is 112 cm³/mol. The molecule has 6 nitrogen and oxygen atoms in total. The smallest absolute Gasteiger partial charge is 0.255 e. The van der Waals surface area contributed by atoms with E-state index in [1.807, 2.05) is 23.2 Å². The van der Waals surface area contributed by atoms with Gasteiger partial charge in [0.25, 0.3) is 5.91 Å². The number of pyridine rings is 1. The van der Waals surface area contributed by atoms with Crippen LogP contribution in [-0.2, 0) is 6.54 Å². The zero-order chi connectivity index (χ0) is 19.3. The first-order valence-electron chi connectivity index (χ1n) is 10.1. The van der Waals surface area contributed by atoms with Crippen molar-refractivity contribution < 1.29 is 4.79 Å². The summed E-state index contributed by atoms with van der Waals surface area (Å²) in [5, 5.41) is 0. The predicted octanol–water partition coefficient (Wildman–Crippen LogP) is 1.79. The summed E-state index contributed by atoms with van der Waals surface area (Å²) in [4.78, 5) is 26.4. The number of aromatic nitrogens is 1. The van der Waals surface area contributed by atoms with E-state index in [0.717, 1.165) is 64.6 Å². The Kier molecular flexibility index (Phi) is 5.88. The van der Waals surface area contributed by atoms with E-state index in [2.05, 4.69) is 51.0 Å². The molecule has 2 saturated heterocycles. The Morgan fingerprint density at radius 2 is 1.64 bits per heavy atom. The molecule has 0 N–H and O–H groups in total. The van der Waals surface area contributed by atoms with Crippen LogP contribution < -0.4 is 4.90 Å². The van der Waals surface area contributed by atoms with Crippen molar-refractivity contribution in [2.24, 2.45) is 0 Å². The molecule has 0 atom stereocenters. The first kappa shape index (κ1) is 18.9. The highest BCUT2D eigenvalue weighted by Gasteiger charge is 2.23. The van der Waals surface area contributed by atoms with Crippen molar-refractivity contribution in [1.82, 2.24) is 19.7 Å². The molecule has 1 amide bonds. The SMILES string of the molecule is CN1CCN(c2cncc(C(=O)N3CCN(Cc4ccccc4)CC3)c2)CC1. The van der Waals surface area contributed by atoms with Gasteiger partial charge in [0.2, 0.25) is 0 Å². The van der Waals surface area contributed by atoms with Crippen LogP contribution in [0.4, 0.5) is 5.69 Å². The maximum Gasteiger partial charge on any atom is 0.255 e. The number of hydrogen-bond acceptors (Lipinski definition) is 5. The fraction of sp³-hybridized carbons (Fsp3) is 0.455. The number of carbonyl (C=O) groups is 1. The van der Waals surface area contributed by atoms with Gasteiger partial charge in [-0.15, -0.1) is 0 Å². The number of piperazine rings is 2. The Bertz CT molecular complexity index is 781. The highest BCUT2D eigenvalue weighted by molar-refractivity contribution is 5.94. The molecule has 4 rings (SSSR count). The van der Waals surface area contributed by atoms with E-state index in [-0.39, 0.29) is 5.91 Å². The van der Waals surface area contributed by atoms with E-state index in [4.69, 9.17) is 0 Å². The third-order valence-corrected chi connectivity index (χ3v) is 5.75.